The second-order valence-corrected chi connectivity index (χ2v) is 10.5. The van der Waals surface area contributed by atoms with E-state index >= 15 is 0 Å². The van der Waals surface area contributed by atoms with E-state index in [0.717, 1.165) is 12.8 Å². The van der Waals surface area contributed by atoms with Gasteiger partial charge in [0.2, 0.25) is 0 Å². The molecule has 1 aliphatic carbocycles. The molecule has 1 fully saturated rings. The average molecular weight is 411 g/mol. The maximum Gasteiger partial charge on any atom is 0.271 e. The number of hydrogen-bond acceptors (Lipinski definition) is 3. The highest BCUT2D eigenvalue weighted by molar-refractivity contribution is 5.92. The highest BCUT2D eigenvalue weighted by Crippen LogP contribution is 2.48. The Hall–Kier alpha value is -2.14. The molecule has 1 aliphatic heterocycles. The predicted octanol–water partition coefficient (Wildman–Crippen LogP) is 4.70. The molecule has 2 heterocycles. The van der Waals surface area contributed by atoms with Gasteiger partial charge in [-0.15, -0.1) is 0 Å². The Balaban J connectivity index is 0.00000272. The SMILES string of the molecule is Cn1cnc(C(=O)N[C@H]2CCC3(CCN(CCC(C)(C)C)CC3)c3ccccc32)c1.[HH]. The van der Waals surface area contributed by atoms with Crippen LogP contribution in [0.25, 0.3) is 0 Å². The van der Waals surface area contributed by atoms with Gasteiger partial charge in [0, 0.05) is 14.7 Å². The van der Waals surface area contributed by atoms with E-state index in [-0.39, 0.29) is 18.8 Å². The van der Waals surface area contributed by atoms with Crippen molar-refractivity contribution in [3.8, 4) is 0 Å². The number of carbonyl (C=O) groups excluding carboxylic acids is 1. The molecule has 1 N–H and O–H groups in total. The van der Waals surface area contributed by atoms with Gasteiger partial charge in [0.15, 0.2) is 0 Å². The van der Waals surface area contributed by atoms with Crippen LogP contribution in [0.2, 0.25) is 0 Å². The largest absolute Gasteiger partial charge is 0.344 e. The highest BCUT2D eigenvalue weighted by Gasteiger charge is 2.42. The van der Waals surface area contributed by atoms with Crippen LogP contribution in [0.1, 0.15) is 82.0 Å². The molecule has 4 rings (SSSR count). The third kappa shape index (κ3) is 4.46. The Labute approximate surface area is 182 Å². The number of benzene rings is 1. The van der Waals surface area contributed by atoms with Crippen LogP contribution in [-0.4, -0.2) is 40.0 Å². The molecule has 5 nitrogen and oxygen atoms in total. The van der Waals surface area contributed by atoms with Gasteiger partial charge in [-0.2, -0.15) is 0 Å². The minimum absolute atomic E-state index is 0. The lowest BCUT2D eigenvalue weighted by Gasteiger charge is -2.47. The van der Waals surface area contributed by atoms with Gasteiger partial charge in [0.05, 0.1) is 12.4 Å². The van der Waals surface area contributed by atoms with Crippen molar-refractivity contribution < 1.29 is 6.22 Å². The molecule has 1 aromatic carbocycles. The van der Waals surface area contributed by atoms with Gasteiger partial charge < -0.3 is 14.8 Å². The molecule has 0 unspecified atom stereocenters. The molecule has 0 saturated carbocycles. The molecular formula is C25H38N4O. The Morgan fingerprint density at radius 1 is 1.23 bits per heavy atom. The molecule has 1 atom stereocenters. The molecule has 1 amide bonds. The number of rotatable bonds is 4. The number of imidazole rings is 1. The third-order valence-corrected chi connectivity index (χ3v) is 7.05. The van der Waals surface area contributed by atoms with Gasteiger partial charge >= 0.3 is 0 Å². The first-order valence-electron chi connectivity index (χ1n) is 11.4. The van der Waals surface area contributed by atoms with E-state index in [0.29, 0.717) is 11.1 Å². The summed E-state index contributed by atoms with van der Waals surface area (Å²) in [6.07, 6.45) is 9.27. The Kier molecular flexibility index (Phi) is 5.75. The van der Waals surface area contributed by atoms with Crippen LogP contribution >= 0.6 is 0 Å². The van der Waals surface area contributed by atoms with Gasteiger partial charge in [-0.25, -0.2) is 4.98 Å². The number of aryl methyl sites for hydroxylation is 1. The van der Waals surface area contributed by atoms with E-state index in [1.54, 1.807) is 12.5 Å². The number of piperidine rings is 1. The molecule has 0 bridgehead atoms. The van der Waals surface area contributed by atoms with Crippen molar-refractivity contribution in [3.63, 3.8) is 0 Å². The summed E-state index contributed by atoms with van der Waals surface area (Å²) in [5.74, 6) is -0.0802. The van der Waals surface area contributed by atoms with Gasteiger partial charge in [0.25, 0.3) is 5.91 Å². The summed E-state index contributed by atoms with van der Waals surface area (Å²) < 4.78 is 1.81. The summed E-state index contributed by atoms with van der Waals surface area (Å²) >= 11 is 0. The zero-order valence-corrected chi connectivity index (χ0v) is 18.9. The van der Waals surface area contributed by atoms with Crippen LogP contribution in [0, 0.1) is 5.41 Å². The van der Waals surface area contributed by atoms with Crippen LogP contribution in [-0.2, 0) is 12.5 Å². The summed E-state index contributed by atoms with van der Waals surface area (Å²) in [7, 11) is 1.89. The second kappa shape index (κ2) is 8.18. The fraction of sp³-hybridized carbons (Fsp3) is 0.600. The molecule has 2 aliphatic rings. The van der Waals surface area contributed by atoms with E-state index in [4.69, 9.17) is 0 Å². The lowest BCUT2D eigenvalue weighted by molar-refractivity contribution is 0.0909. The molecular weight excluding hydrogens is 372 g/mol. The minimum atomic E-state index is -0.0802. The first-order chi connectivity index (χ1) is 14.3. The van der Waals surface area contributed by atoms with Crippen LogP contribution in [0.3, 0.4) is 0 Å². The third-order valence-electron chi connectivity index (χ3n) is 7.05. The van der Waals surface area contributed by atoms with Crippen molar-refractivity contribution in [1.29, 1.82) is 0 Å². The predicted molar refractivity (Wildman–Crippen MR) is 123 cm³/mol. The molecule has 1 spiro atoms. The topological polar surface area (TPSA) is 50.2 Å². The van der Waals surface area contributed by atoms with Gasteiger partial charge in [-0.05, 0) is 73.7 Å². The molecule has 5 heteroatoms. The number of fused-ring (bicyclic) bond motifs is 2. The molecule has 2 aromatic rings. The van der Waals surface area contributed by atoms with Crippen molar-refractivity contribution in [2.24, 2.45) is 12.5 Å². The van der Waals surface area contributed by atoms with Crippen molar-refractivity contribution in [1.82, 2.24) is 19.8 Å². The van der Waals surface area contributed by atoms with E-state index in [1.165, 1.54) is 50.0 Å². The van der Waals surface area contributed by atoms with E-state index in [9.17, 15) is 4.79 Å². The smallest absolute Gasteiger partial charge is 0.271 e. The Bertz CT molecular complexity index is 893. The average Bonchev–Trinajstić information content (AvgIpc) is 3.16. The number of nitrogens with zero attached hydrogens (tertiary/aromatic N) is 3. The fourth-order valence-corrected chi connectivity index (χ4v) is 5.12. The van der Waals surface area contributed by atoms with Crippen molar-refractivity contribution >= 4 is 5.91 Å². The normalized spacial score (nSPS) is 21.4. The summed E-state index contributed by atoms with van der Waals surface area (Å²) in [4.78, 5) is 19.6. The lowest BCUT2D eigenvalue weighted by Crippen LogP contribution is -2.46. The second-order valence-electron chi connectivity index (χ2n) is 10.5. The zero-order chi connectivity index (χ0) is 21.4. The number of nitrogens with one attached hydrogen (secondary N) is 1. The summed E-state index contributed by atoms with van der Waals surface area (Å²) in [5.41, 5.74) is 3.91. The quantitative estimate of drug-likeness (QED) is 0.795. The van der Waals surface area contributed by atoms with Gasteiger partial charge in [-0.1, -0.05) is 45.0 Å². The molecule has 1 aromatic heterocycles. The summed E-state index contributed by atoms with van der Waals surface area (Å²) in [6.45, 7) is 10.5. The number of aromatic nitrogens is 2. The first kappa shape index (κ1) is 21.1. The molecule has 164 valence electrons. The number of hydrogen-bond donors (Lipinski definition) is 1. The van der Waals surface area contributed by atoms with Crippen LogP contribution in [0.5, 0.6) is 0 Å². The van der Waals surface area contributed by atoms with Gasteiger partial charge in [0.1, 0.15) is 5.69 Å². The lowest BCUT2D eigenvalue weighted by atomic mass is 9.63. The number of likely N-dealkylation sites (tertiary alicyclic amines) is 1. The Morgan fingerprint density at radius 3 is 2.63 bits per heavy atom. The van der Waals surface area contributed by atoms with Crippen molar-refractivity contribution in [2.75, 3.05) is 19.6 Å². The van der Waals surface area contributed by atoms with E-state index in [2.05, 4.69) is 60.2 Å². The fourth-order valence-electron chi connectivity index (χ4n) is 5.12. The molecule has 0 radical (unpaired) electrons. The zero-order valence-electron chi connectivity index (χ0n) is 18.9. The number of carbonyl (C=O) groups is 1. The summed E-state index contributed by atoms with van der Waals surface area (Å²) in [5, 5.41) is 3.25. The van der Waals surface area contributed by atoms with Crippen molar-refractivity contribution in [3.05, 3.63) is 53.6 Å². The van der Waals surface area contributed by atoms with Crippen LogP contribution in [0.4, 0.5) is 0 Å². The van der Waals surface area contributed by atoms with E-state index in [1.807, 2.05) is 11.6 Å². The van der Waals surface area contributed by atoms with E-state index < -0.39 is 0 Å². The Morgan fingerprint density at radius 2 is 1.97 bits per heavy atom. The van der Waals surface area contributed by atoms with Crippen LogP contribution in [0.15, 0.2) is 36.8 Å². The van der Waals surface area contributed by atoms with Crippen molar-refractivity contribution in [2.45, 2.75) is 64.3 Å². The maximum atomic E-state index is 12.7. The maximum absolute atomic E-state index is 12.7. The summed E-state index contributed by atoms with van der Waals surface area (Å²) in [6, 6.07) is 8.86. The molecule has 30 heavy (non-hydrogen) atoms. The monoisotopic (exact) mass is 410 g/mol. The standard InChI is InChI=1S/C25H36N4O.H2/c1-24(2,3)11-14-29-15-12-25(13-16-29)10-9-21(19-7-5-6-8-20(19)25)27-23(30)22-17-28(4)18-26-22;/h5-8,17-18,21H,9-16H2,1-4H3,(H,27,30);1H/t21-;/m0./s1. The minimum Gasteiger partial charge on any atom is -0.344 e. The highest BCUT2D eigenvalue weighted by atomic mass is 16.2. The van der Waals surface area contributed by atoms with Crippen LogP contribution < -0.4 is 5.32 Å². The number of amides is 1. The van der Waals surface area contributed by atoms with Gasteiger partial charge in [-0.3, -0.25) is 4.79 Å². The first-order valence-corrected chi connectivity index (χ1v) is 11.4. The molecule has 1 saturated heterocycles.